The zero-order valence-electron chi connectivity index (χ0n) is 13.5. The summed E-state index contributed by atoms with van der Waals surface area (Å²) in [5.74, 6) is -0.969. The first-order valence-electron chi connectivity index (χ1n) is 7.99. The lowest BCUT2D eigenvalue weighted by molar-refractivity contribution is -0.138. The van der Waals surface area contributed by atoms with Crippen LogP contribution in [0.4, 0.5) is 4.79 Å². The van der Waals surface area contributed by atoms with Crippen LogP contribution in [-0.2, 0) is 4.79 Å². The summed E-state index contributed by atoms with van der Waals surface area (Å²) in [6.07, 6.45) is 3.77. The summed E-state index contributed by atoms with van der Waals surface area (Å²) in [7, 11) is 0. The van der Waals surface area contributed by atoms with Crippen LogP contribution < -0.4 is 5.32 Å². The normalized spacial score (nSPS) is 18.2. The fourth-order valence-electron chi connectivity index (χ4n) is 2.67. The van der Waals surface area contributed by atoms with Crippen molar-refractivity contribution in [2.75, 3.05) is 26.2 Å². The predicted octanol–water partition coefficient (Wildman–Crippen LogP) is 1.76. The Morgan fingerprint density at radius 1 is 1.33 bits per heavy atom. The fraction of sp³-hybridized carbons (Fsp3) is 0.867. The Hall–Kier alpha value is -1.30. The summed E-state index contributed by atoms with van der Waals surface area (Å²) in [6, 6.07) is -0.159. The van der Waals surface area contributed by atoms with Gasteiger partial charge in [0.05, 0.1) is 0 Å². The summed E-state index contributed by atoms with van der Waals surface area (Å²) < 4.78 is 0. The third-order valence-electron chi connectivity index (χ3n) is 4.14. The van der Waals surface area contributed by atoms with Gasteiger partial charge in [0.25, 0.3) is 0 Å². The number of carbonyl (C=O) groups is 2. The van der Waals surface area contributed by atoms with Crippen molar-refractivity contribution in [1.29, 1.82) is 0 Å². The van der Waals surface area contributed by atoms with E-state index >= 15 is 0 Å². The number of carboxylic acids is 1. The lowest BCUT2D eigenvalue weighted by atomic mass is 10.1. The van der Waals surface area contributed by atoms with E-state index in [2.05, 4.69) is 17.1 Å². The molecular weight excluding hydrogens is 270 g/mol. The van der Waals surface area contributed by atoms with Crippen LogP contribution in [0.5, 0.6) is 0 Å². The minimum atomic E-state index is -0.969. The van der Waals surface area contributed by atoms with Crippen molar-refractivity contribution in [2.45, 2.75) is 58.5 Å². The monoisotopic (exact) mass is 299 g/mol. The van der Waals surface area contributed by atoms with E-state index < -0.39 is 5.97 Å². The molecule has 0 saturated carbocycles. The van der Waals surface area contributed by atoms with E-state index in [9.17, 15) is 9.59 Å². The van der Waals surface area contributed by atoms with Crippen molar-refractivity contribution in [3.63, 3.8) is 0 Å². The second kappa shape index (κ2) is 8.87. The van der Waals surface area contributed by atoms with Gasteiger partial charge in [0.1, 0.15) is 6.54 Å². The molecule has 0 aliphatic carbocycles. The summed E-state index contributed by atoms with van der Waals surface area (Å²) in [5.41, 5.74) is 0. The number of carboxylic acid groups (broad SMARTS) is 1. The van der Waals surface area contributed by atoms with Crippen molar-refractivity contribution >= 4 is 12.0 Å². The van der Waals surface area contributed by atoms with Crippen LogP contribution in [0.3, 0.4) is 0 Å². The average molecular weight is 299 g/mol. The SMILES string of the molecule is CCCN1CCC(NC(=O)N(CC(=O)O)C(C)CC)CC1. The molecule has 1 heterocycles. The van der Waals surface area contributed by atoms with Crippen molar-refractivity contribution in [3.05, 3.63) is 0 Å². The molecule has 2 amide bonds. The highest BCUT2D eigenvalue weighted by Crippen LogP contribution is 2.12. The van der Waals surface area contributed by atoms with E-state index in [-0.39, 0.29) is 24.7 Å². The third kappa shape index (κ3) is 5.91. The number of hydrogen-bond donors (Lipinski definition) is 2. The number of piperidine rings is 1. The van der Waals surface area contributed by atoms with Crippen LogP contribution in [0.1, 0.15) is 46.5 Å². The average Bonchev–Trinajstić information content (AvgIpc) is 2.46. The maximum absolute atomic E-state index is 12.3. The molecule has 122 valence electrons. The Morgan fingerprint density at radius 2 is 1.95 bits per heavy atom. The highest BCUT2D eigenvalue weighted by molar-refractivity contribution is 5.80. The molecule has 1 aliphatic rings. The van der Waals surface area contributed by atoms with Gasteiger partial charge in [-0.25, -0.2) is 4.79 Å². The van der Waals surface area contributed by atoms with E-state index in [1.165, 1.54) is 4.90 Å². The van der Waals surface area contributed by atoms with E-state index in [0.29, 0.717) is 0 Å². The number of likely N-dealkylation sites (tertiary alicyclic amines) is 1. The van der Waals surface area contributed by atoms with Gasteiger partial charge in [-0.1, -0.05) is 13.8 Å². The molecule has 6 heteroatoms. The molecule has 0 radical (unpaired) electrons. The lowest BCUT2D eigenvalue weighted by Crippen LogP contribution is -2.52. The van der Waals surface area contributed by atoms with Crippen LogP contribution in [-0.4, -0.2) is 65.2 Å². The van der Waals surface area contributed by atoms with Crippen LogP contribution in [0.25, 0.3) is 0 Å². The molecule has 1 atom stereocenters. The number of hydrogen-bond acceptors (Lipinski definition) is 3. The molecule has 0 aromatic heterocycles. The molecule has 0 aromatic carbocycles. The second-order valence-electron chi connectivity index (χ2n) is 5.84. The molecule has 0 bridgehead atoms. The first kappa shape index (κ1) is 17.8. The van der Waals surface area contributed by atoms with Crippen molar-refractivity contribution in [2.24, 2.45) is 0 Å². The molecule has 1 saturated heterocycles. The Balaban J connectivity index is 2.48. The lowest BCUT2D eigenvalue weighted by Gasteiger charge is -2.34. The second-order valence-corrected chi connectivity index (χ2v) is 5.84. The van der Waals surface area contributed by atoms with Crippen molar-refractivity contribution < 1.29 is 14.7 Å². The van der Waals surface area contributed by atoms with Crippen molar-refractivity contribution in [3.8, 4) is 0 Å². The smallest absolute Gasteiger partial charge is 0.323 e. The Kier molecular flexibility index (Phi) is 7.50. The topological polar surface area (TPSA) is 72.9 Å². The third-order valence-corrected chi connectivity index (χ3v) is 4.14. The maximum Gasteiger partial charge on any atom is 0.323 e. The molecule has 1 aliphatic heterocycles. The van der Waals surface area contributed by atoms with Crippen LogP contribution in [0.15, 0.2) is 0 Å². The molecular formula is C15H29N3O3. The molecule has 1 unspecified atom stereocenters. The van der Waals surface area contributed by atoms with Crippen LogP contribution in [0, 0.1) is 0 Å². The Morgan fingerprint density at radius 3 is 2.43 bits per heavy atom. The van der Waals surface area contributed by atoms with Gasteiger partial charge in [-0.2, -0.15) is 0 Å². The molecule has 21 heavy (non-hydrogen) atoms. The summed E-state index contributed by atoms with van der Waals surface area (Å²) in [5, 5.41) is 11.9. The number of nitrogens with one attached hydrogen (secondary N) is 1. The standard InChI is InChI=1S/C15H29N3O3/c1-4-8-17-9-6-13(7-10-17)16-15(21)18(11-14(19)20)12(3)5-2/h12-13H,4-11H2,1-3H3,(H,16,21)(H,19,20). The first-order valence-corrected chi connectivity index (χ1v) is 7.99. The number of aliphatic carboxylic acids is 1. The molecule has 0 spiro atoms. The van der Waals surface area contributed by atoms with Gasteiger partial charge in [-0.3, -0.25) is 4.79 Å². The van der Waals surface area contributed by atoms with Gasteiger partial charge in [0.15, 0.2) is 0 Å². The summed E-state index contributed by atoms with van der Waals surface area (Å²) >= 11 is 0. The minimum Gasteiger partial charge on any atom is -0.480 e. The number of amides is 2. The maximum atomic E-state index is 12.3. The van der Waals surface area contributed by atoms with Crippen molar-refractivity contribution in [1.82, 2.24) is 15.1 Å². The van der Waals surface area contributed by atoms with Crippen LogP contribution >= 0.6 is 0 Å². The fourth-order valence-corrected chi connectivity index (χ4v) is 2.67. The Bertz CT molecular complexity index is 341. The quantitative estimate of drug-likeness (QED) is 0.751. The van der Waals surface area contributed by atoms with Gasteiger partial charge < -0.3 is 20.2 Å². The van der Waals surface area contributed by atoms with Gasteiger partial charge in [-0.15, -0.1) is 0 Å². The summed E-state index contributed by atoms with van der Waals surface area (Å²) in [6.45, 7) is 8.88. The number of rotatable bonds is 7. The highest BCUT2D eigenvalue weighted by atomic mass is 16.4. The zero-order chi connectivity index (χ0) is 15.8. The van der Waals surface area contributed by atoms with E-state index in [1.807, 2.05) is 13.8 Å². The largest absolute Gasteiger partial charge is 0.480 e. The van der Waals surface area contributed by atoms with Gasteiger partial charge in [0.2, 0.25) is 0 Å². The molecule has 1 fully saturated rings. The summed E-state index contributed by atoms with van der Waals surface area (Å²) in [4.78, 5) is 27.0. The van der Waals surface area contributed by atoms with E-state index in [4.69, 9.17) is 5.11 Å². The number of nitrogens with zero attached hydrogens (tertiary/aromatic N) is 2. The predicted molar refractivity (Wildman–Crippen MR) is 82.4 cm³/mol. The highest BCUT2D eigenvalue weighted by Gasteiger charge is 2.25. The first-order chi connectivity index (χ1) is 9.97. The van der Waals surface area contributed by atoms with Crippen LogP contribution in [0.2, 0.25) is 0 Å². The zero-order valence-corrected chi connectivity index (χ0v) is 13.5. The van der Waals surface area contributed by atoms with Gasteiger partial charge in [0, 0.05) is 25.2 Å². The number of carbonyl (C=O) groups excluding carboxylic acids is 1. The molecule has 1 rings (SSSR count). The van der Waals surface area contributed by atoms with Gasteiger partial charge >= 0.3 is 12.0 Å². The Labute approximate surface area is 127 Å². The van der Waals surface area contributed by atoms with E-state index in [1.54, 1.807) is 0 Å². The minimum absolute atomic E-state index is 0.0683. The molecule has 6 nitrogen and oxygen atoms in total. The molecule has 0 aromatic rings. The van der Waals surface area contributed by atoms with E-state index in [0.717, 1.165) is 45.3 Å². The van der Waals surface area contributed by atoms with Gasteiger partial charge in [-0.05, 0) is 39.2 Å². The molecule has 2 N–H and O–H groups in total. The number of urea groups is 1.